The first-order valence-electron chi connectivity index (χ1n) is 10.6. The molecule has 0 saturated carbocycles. The van der Waals surface area contributed by atoms with Crippen LogP contribution in [0, 0.1) is 5.92 Å². The largest absolute Gasteiger partial charge is 0.359 e. The summed E-state index contributed by atoms with van der Waals surface area (Å²) in [7, 11) is 3.63. The number of aryl methyl sites for hydroxylation is 1. The summed E-state index contributed by atoms with van der Waals surface area (Å²) in [6.07, 6.45) is 10.6. The predicted octanol–water partition coefficient (Wildman–Crippen LogP) is 4.33. The summed E-state index contributed by atoms with van der Waals surface area (Å²) in [5, 5.41) is 7.04. The van der Waals surface area contributed by atoms with Crippen molar-refractivity contribution < 1.29 is 4.79 Å². The molecule has 1 aromatic carbocycles. The maximum absolute atomic E-state index is 12.0. The van der Waals surface area contributed by atoms with Gasteiger partial charge in [-0.25, -0.2) is 4.98 Å². The highest BCUT2D eigenvalue weighted by atomic mass is 16.1. The maximum Gasteiger partial charge on any atom is 0.223 e. The van der Waals surface area contributed by atoms with Crippen LogP contribution < -0.4 is 5.32 Å². The summed E-state index contributed by atoms with van der Waals surface area (Å²) in [6, 6.07) is 14.8. The smallest absolute Gasteiger partial charge is 0.223 e. The molecule has 0 bridgehead atoms. The molecule has 0 aliphatic heterocycles. The van der Waals surface area contributed by atoms with Gasteiger partial charge in [0.25, 0.3) is 0 Å². The number of allylic oxidation sites excluding steroid dienone is 2. The molecule has 1 unspecified atom stereocenters. The van der Waals surface area contributed by atoms with Crippen LogP contribution in [0.3, 0.4) is 0 Å². The van der Waals surface area contributed by atoms with Crippen LogP contribution in [0.2, 0.25) is 0 Å². The Kier molecular flexibility index (Phi) is 4.90. The zero-order valence-corrected chi connectivity index (χ0v) is 17.7. The maximum atomic E-state index is 12.0. The van der Waals surface area contributed by atoms with Gasteiger partial charge in [0.1, 0.15) is 5.65 Å². The van der Waals surface area contributed by atoms with E-state index in [0.29, 0.717) is 0 Å². The lowest BCUT2D eigenvalue weighted by Crippen LogP contribution is -2.28. The number of amides is 1. The van der Waals surface area contributed by atoms with Gasteiger partial charge in [-0.3, -0.25) is 13.9 Å². The molecule has 1 amide bonds. The lowest BCUT2D eigenvalue weighted by atomic mass is 9.87. The summed E-state index contributed by atoms with van der Waals surface area (Å²) in [5.74, 6) is 0.195. The Morgan fingerprint density at radius 2 is 1.84 bits per heavy atom. The molecular formula is C25H25N5O. The van der Waals surface area contributed by atoms with E-state index in [2.05, 4.69) is 62.3 Å². The SMILES string of the molecule is CNC(=O)C1CC=C(c2cccc3ncc(-c4ccc(-c5cnn(C)c5)cc4)n23)CC1. The molecule has 156 valence electrons. The van der Waals surface area contributed by atoms with E-state index in [1.807, 2.05) is 36.4 Å². The number of hydrogen-bond acceptors (Lipinski definition) is 3. The lowest BCUT2D eigenvalue weighted by molar-refractivity contribution is -0.124. The Bertz CT molecular complexity index is 1280. The van der Waals surface area contributed by atoms with Crippen molar-refractivity contribution in [1.29, 1.82) is 0 Å². The van der Waals surface area contributed by atoms with Crippen molar-refractivity contribution in [2.45, 2.75) is 19.3 Å². The Balaban J connectivity index is 1.51. The highest BCUT2D eigenvalue weighted by Gasteiger charge is 2.22. The van der Waals surface area contributed by atoms with Gasteiger partial charge in [-0.15, -0.1) is 0 Å². The number of benzene rings is 1. The van der Waals surface area contributed by atoms with E-state index in [4.69, 9.17) is 0 Å². The van der Waals surface area contributed by atoms with Crippen LogP contribution in [0.25, 0.3) is 33.6 Å². The number of nitrogens with one attached hydrogen (secondary N) is 1. The van der Waals surface area contributed by atoms with Crippen LogP contribution in [0.1, 0.15) is 25.0 Å². The second-order valence-electron chi connectivity index (χ2n) is 8.04. The second-order valence-corrected chi connectivity index (χ2v) is 8.04. The third-order valence-corrected chi connectivity index (χ3v) is 6.11. The number of hydrogen-bond donors (Lipinski definition) is 1. The fourth-order valence-electron chi connectivity index (χ4n) is 4.40. The second kappa shape index (κ2) is 7.87. The molecule has 3 heterocycles. The number of carbonyl (C=O) groups is 1. The van der Waals surface area contributed by atoms with Crippen molar-refractivity contribution in [2.75, 3.05) is 7.05 Å². The number of carbonyl (C=O) groups excluding carboxylic acids is 1. The molecule has 4 aromatic rings. The van der Waals surface area contributed by atoms with Crippen molar-refractivity contribution in [3.63, 3.8) is 0 Å². The third kappa shape index (κ3) is 3.54. The first-order chi connectivity index (χ1) is 15.1. The predicted molar refractivity (Wildman–Crippen MR) is 122 cm³/mol. The van der Waals surface area contributed by atoms with Gasteiger partial charge in [0.05, 0.1) is 23.8 Å². The Hall–Kier alpha value is -3.67. The molecule has 5 rings (SSSR count). The molecule has 0 fully saturated rings. The van der Waals surface area contributed by atoms with Crippen LogP contribution >= 0.6 is 0 Å². The number of pyridine rings is 1. The van der Waals surface area contributed by atoms with Crippen LogP contribution in [-0.4, -0.2) is 32.1 Å². The lowest BCUT2D eigenvalue weighted by Gasteiger charge is -2.22. The van der Waals surface area contributed by atoms with Crippen molar-refractivity contribution in [1.82, 2.24) is 24.5 Å². The molecule has 6 nitrogen and oxygen atoms in total. The zero-order valence-electron chi connectivity index (χ0n) is 17.7. The van der Waals surface area contributed by atoms with Gasteiger partial charge in [0.15, 0.2) is 0 Å². The molecule has 0 saturated heterocycles. The highest BCUT2D eigenvalue weighted by molar-refractivity contribution is 5.80. The molecule has 1 aliphatic rings. The van der Waals surface area contributed by atoms with E-state index >= 15 is 0 Å². The number of fused-ring (bicyclic) bond motifs is 1. The molecule has 3 aromatic heterocycles. The molecule has 0 spiro atoms. The van der Waals surface area contributed by atoms with Gasteiger partial charge in [-0.2, -0.15) is 5.10 Å². The zero-order chi connectivity index (χ0) is 21.4. The monoisotopic (exact) mass is 411 g/mol. The number of aromatic nitrogens is 4. The van der Waals surface area contributed by atoms with E-state index < -0.39 is 0 Å². The Morgan fingerprint density at radius 1 is 1.03 bits per heavy atom. The quantitative estimate of drug-likeness (QED) is 0.544. The van der Waals surface area contributed by atoms with Crippen molar-refractivity contribution >= 4 is 17.1 Å². The summed E-state index contributed by atoms with van der Waals surface area (Å²) in [5.41, 5.74) is 7.78. The van der Waals surface area contributed by atoms with Gasteiger partial charge >= 0.3 is 0 Å². The minimum atomic E-state index is 0.0650. The van der Waals surface area contributed by atoms with Gasteiger partial charge in [-0.1, -0.05) is 36.4 Å². The molecular weight excluding hydrogens is 386 g/mol. The first-order valence-corrected chi connectivity index (χ1v) is 10.6. The van der Waals surface area contributed by atoms with Crippen LogP contribution in [0.4, 0.5) is 0 Å². The van der Waals surface area contributed by atoms with Crippen molar-refractivity contribution in [3.8, 4) is 22.4 Å². The average Bonchev–Trinajstić information content (AvgIpc) is 3.45. The number of rotatable bonds is 4. The molecule has 6 heteroatoms. The summed E-state index contributed by atoms with van der Waals surface area (Å²) < 4.78 is 4.04. The van der Waals surface area contributed by atoms with E-state index in [0.717, 1.165) is 53.0 Å². The van der Waals surface area contributed by atoms with Gasteiger partial charge < -0.3 is 5.32 Å². The van der Waals surface area contributed by atoms with Crippen LogP contribution in [-0.2, 0) is 11.8 Å². The summed E-state index contributed by atoms with van der Waals surface area (Å²) in [4.78, 5) is 16.6. The number of imidazole rings is 1. The van der Waals surface area contributed by atoms with Crippen molar-refractivity contribution in [2.24, 2.45) is 13.0 Å². The van der Waals surface area contributed by atoms with Gasteiger partial charge in [0, 0.05) is 37.3 Å². The van der Waals surface area contributed by atoms with E-state index in [1.165, 1.54) is 5.57 Å². The van der Waals surface area contributed by atoms with Crippen LogP contribution in [0.15, 0.2) is 67.1 Å². The fourth-order valence-corrected chi connectivity index (χ4v) is 4.40. The van der Waals surface area contributed by atoms with Gasteiger partial charge in [0.2, 0.25) is 5.91 Å². The Labute approximate surface area is 181 Å². The molecule has 0 radical (unpaired) electrons. The topological polar surface area (TPSA) is 64.2 Å². The molecule has 1 atom stereocenters. The summed E-state index contributed by atoms with van der Waals surface area (Å²) in [6.45, 7) is 0. The normalized spacial score (nSPS) is 16.3. The molecule has 1 aliphatic carbocycles. The van der Waals surface area contributed by atoms with Gasteiger partial charge in [-0.05, 0) is 42.5 Å². The minimum Gasteiger partial charge on any atom is -0.359 e. The molecule has 31 heavy (non-hydrogen) atoms. The molecule has 1 N–H and O–H groups in total. The Morgan fingerprint density at radius 3 is 2.52 bits per heavy atom. The highest BCUT2D eigenvalue weighted by Crippen LogP contribution is 2.33. The minimum absolute atomic E-state index is 0.0650. The first kappa shape index (κ1) is 19.3. The third-order valence-electron chi connectivity index (χ3n) is 6.11. The fraction of sp³-hybridized carbons (Fsp3) is 0.240. The summed E-state index contributed by atoms with van der Waals surface area (Å²) >= 11 is 0. The van der Waals surface area contributed by atoms with Crippen molar-refractivity contribution in [3.05, 3.63) is 72.8 Å². The average molecular weight is 412 g/mol. The van der Waals surface area contributed by atoms with Crippen LogP contribution in [0.5, 0.6) is 0 Å². The standard InChI is InChI=1S/C25H25N5O/c1-26-25(31)20-12-10-18(11-13-20)22-4-3-5-24-27-15-23(30(22)24)19-8-6-17(7-9-19)21-14-28-29(2)16-21/h3-10,14-16,20H,11-13H2,1-2H3,(H,26,31). The van der Waals surface area contributed by atoms with E-state index in [-0.39, 0.29) is 11.8 Å². The van der Waals surface area contributed by atoms with E-state index in [9.17, 15) is 4.79 Å². The number of nitrogens with zero attached hydrogens (tertiary/aromatic N) is 4. The van der Waals surface area contributed by atoms with E-state index in [1.54, 1.807) is 7.05 Å².